The lowest BCUT2D eigenvalue weighted by molar-refractivity contribution is -0.117. The van der Waals surface area contributed by atoms with Crippen LogP contribution >= 0.6 is 23.1 Å². The van der Waals surface area contributed by atoms with Crippen molar-refractivity contribution in [2.75, 3.05) is 5.75 Å². The molecule has 0 atom stereocenters. The lowest BCUT2D eigenvalue weighted by Crippen LogP contribution is -2.40. The van der Waals surface area contributed by atoms with Gasteiger partial charge >= 0.3 is 6.03 Å². The van der Waals surface area contributed by atoms with Crippen LogP contribution in [0.3, 0.4) is 0 Å². The summed E-state index contributed by atoms with van der Waals surface area (Å²) in [6.07, 6.45) is 7.24. The van der Waals surface area contributed by atoms with Crippen molar-refractivity contribution in [1.29, 1.82) is 0 Å². The van der Waals surface area contributed by atoms with Gasteiger partial charge in [-0.1, -0.05) is 17.8 Å². The molecule has 2 N–H and O–H groups in total. The van der Waals surface area contributed by atoms with Crippen molar-refractivity contribution in [2.45, 2.75) is 43.9 Å². The summed E-state index contributed by atoms with van der Waals surface area (Å²) in [5.74, 6) is 0.0578. The smallest absolute Gasteiger partial charge is 0.321 e. The first-order valence-electron chi connectivity index (χ1n) is 9.95. The van der Waals surface area contributed by atoms with Crippen LogP contribution in [0.1, 0.15) is 29.0 Å². The number of rotatable bonds is 7. The van der Waals surface area contributed by atoms with Gasteiger partial charge in [0.2, 0.25) is 5.91 Å². The molecular weight excluding hydrogens is 436 g/mol. The molecule has 0 aliphatic heterocycles. The molecule has 31 heavy (non-hydrogen) atoms. The Labute approximate surface area is 186 Å². The number of thioether (sulfide) groups is 1. The maximum Gasteiger partial charge on any atom is 0.321 e. The van der Waals surface area contributed by atoms with E-state index < -0.39 is 11.9 Å². The molecule has 0 radical (unpaired) electrons. The number of amides is 3. The molecule has 1 aliphatic rings. The number of aryl methyl sites for hydroxylation is 2. The minimum atomic E-state index is -0.611. The molecule has 0 unspecified atom stereocenters. The van der Waals surface area contributed by atoms with Gasteiger partial charge in [0.1, 0.15) is 10.6 Å². The molecule has 3 aromatic rings. The topological polar surface area (TPSA) is 106 Å². The molecule has 4 rings (SSSR count). The predicted octanol–water partition coefficient (Wildman–Crippen LogP) is 3.23. The molecule has 0 spiro atoms. The summed E-state index contributed by atoms with van der Waals surface area (Å²) in [7, 11) is 0. The van der Waals surface area contributed by atoms with Gasteiger partial charge < -0.3 is 9.73 Å². The molecule has 0 saturated carbocycles. The molecule has 0 saturated heterocycles. The molecule has 0 aromatic carbocycles. The Morgan fingerprint density at radius 1 is 1.35 bits per heavy atom. The number of urea groups is 1. The first kappa shape index (κ1) is 21.4. The molecular formula is C21H22N4O4S2. The lowest BCUT2D eigenvalue weighted by Gasteiger charge is -2.12. The van der Waals surface area contributed by atoms with Crippen molar-refractivity contribution in [3.05, 3.63) is 57.6 Å². The zero-order valence-electron chi connectivity index (χ0n) is 16.8. The molecule has 3 heterocycles. The molecule has 8 nitrogen and oxygen atoms in total. The van der Waals surface area contributed by atoms with Crippen LogP contribution in [0, 0.1) is 0 Å². The highest BCUT2D eigenvalue weighted by Gasteiger charge is 2.22. The third-order valence-corrected chi connectivity index (χ3v) is 7.10. The van der Waals surface area contributed by atoms with E-state index in [2.05, 4.69) is 22.2 Å². The highest BCUT2D eigenvalue weighted by atomic mass is 32.2. The van der Waals surface area contributed by atoms with Gasteiger partial charge in [-0.25, -0.2) is 9.78 Å². The number of allylic oxidation sites excluding steroid dienone is 1. The highest BCUT2D eigenvalue weighted by molar-refractivity contribution is 7.99. The fourth-order valence-corrected chi connectivity index (χ4v) is 5.65. The second kappa shape index (κ2) is 9.52. The normalized spacial score (nSPS) is 13.0. The first-order chi connectivity index (χ1) is 15.1. The summed E-state index contributed by atoms with van der Waals surface area (Å²) >= 11 is 2.70. The van der Waals surface area contributed by atoms with Crippen LogP contribution in [0.15, 0.2) is 45.4 Å². The Hall–Kier alpha value is -2.85. The van der Waals surface area contributed by atoms with Crippen LogP contribution in [0.4, 0.5) is 4.79 Å². The number of nitrogens with zero attached hydrogens (tertiary/aromatic N) is 2. The number of hydrogen-bond acceptors (Lipinski definition) is 7. The summed E-state index contributed by atoms with van der Waals surface area (Å²) in [5, 5.41) is 5.97. The predicted molar refractivity (Wildman–Crippen MR) is 121 cm³/mol. The van der Waals surface area contributed by atoms with Gasteiger partial charge in [0.05, 0.1) is 23.9 Å². The molecule has 1 aliphatic carbocycles. The van der Waals surface area contributed by atoms with E-state index in [1.54, 1.807) is 34.1 Å². The molecule has 0 bridgehead atoms. The summed E-state index contributed by atoms with van der Waals surface area (Å²) in [6.45, 7) is 4.22. The van der Waals surface area contributed by atoms with Crippen molar-refractivity contribution in [3.63, 3.8) is 0 Å². The number of fused-ring (bicyclic) bond motifs is 3. The number of carbonyl (C=O) groups excluding carboxylic acids is 2. The Kier molecular flexibility index (Phi) is 6.57. The maximum absolute atomic E-state index is 13.2. The number of imide groups is 1. The Morgan fingerprint density at radius 3 is 2.97 bits per heavy atom. The fraction of sp³-hybridized carbons (Fsp3) is 0.333. The van der Waals surface area contributed by atoms with E-state index in [9.17, 15) is 14.4 Å². The highest BCUT2D eigenvalue weighted by Crippen LogP contribution is 2.34. The van der Waals surface area contributed by atoms with Gasteiger partial charge in [-0.15, -0.1) is 17.9 Å². The van der Waals surface area contributed by atoms with Gasteiger partial charge in [-0.2, -0.15) is 0 Å². The molecule has 162 valence electrons. The largest absolute Gasteiger partial charge is 0.467 e. The monoisotopic (exact) mass is 458 g/mol. The average molecular weight is 459 g/mol. The van der Waals surface area contributed by atoms with Gasteiger partial charge in [-0.3, -0.25) is 19.5 Å². The molecule has 3 aromatic heterocycles. The molecule has 3 amide bonds. The number of aromatic nitrogens is 2. The van der Waals surface area contributed by atoms with E-state index >= 15 is 0 Å². The zero-order valence-corrected chi connectivity index (χ0v) is 18.4. The van der Waals surface area contributed by atoms with Gasteiger partial charge in [0, 0.05) is 11.4 Å². The number of carbonyl (C=O) groups is 2. The number of nitrogens with one attached hydrogen (secondary N) is 2. The van der Waals surface area contributed by atoms with E-state index in [0.29, 0.717) is 22.8 Å². The van der Waals surface area contributed by atoms with Crippen molar-refractivity contribution >= 4 is 45.3 Å². The van der Waals surface area contributed by atoms with Crippen LogP contribution in [0.2, 0.25) is 0 Å². The number of furan rings is 1. The lowest BCUT2D eigenvalue weighted by atomic mass is 9.97. The van der Waals surface area contributed by atoms with Crippen LogP contribution in [0.5, 0.6) is 0 Å². The standard InChI is InChI=1S/C21H22N4O4S2/c1-2-9-25-19(27)17-14-7-3-4-8-15(14)31-18(17)24-21(25)30-12-16(26)23-20(28)22-11-13-6-5-10-29-13/h2,5-6,10H,1,3-4,7-9,11-12H2,(H2,22,23,26,28). The summed E-state index contributed by atoms with van der Waals surface area (Å²) in [4.78, 5) is 43.9. The number of thiophene rings is 1. The van der Waals surface area contributed by atoms with E-state index in [-0.39, 0.29) is 17.9 Å². The maximum atomic E-state index is 13.2. The SMILES string of the molecule is C=CCn1c(SCC(=O)NC(=O)NCc2ccco2)nc2sc3c(c2c1=O)CCCC3. The first-order valence-corrected chi connectivity index (χ1v) is 11.8. The Bertz CT molecular complexity index is 1180. The van der Waals surface area contributed by atoms with Crippen molar-refractivity contribution in [1.82, 2.24) is 20.2 Å². The van der Waals surface area contributed by atoms with Crippen molar-refractivity contribution in [3.8, 4) is 0 Å². The second-order valence-corrected chi connectivity index (χ2v) is 9.11. The Morgan fingerprint density at radius 2 is 2.19 bits per heavy atom. The minimum Gasteiger partial charge on any atom is -0.467 e. The fourth-order valence-electron chi connectivity index (χ4n) is 3.54. The minimum absolute atomic E-state index is 0.0473. The van der Waals surface area contributed by atoms with E-state index in [1.165, 1.54) is 11.1 Å². The third kappa shape index (κ3) is 4.75. The van der Waals surface area contributed by atoms with Crippen LogP contribution < -0.4 is 16.2 Å². The third-order valence-electron chi connectivity index (χ3n) is 4.94. The van der Waals surface area contributed by atoms with E-state index in [1.807, 2.05) is 0 Å². The zero-order chi connectivity index (χ0) is 21.8. The average Bonchev–Trinajstić information content (AvgIpc) is 3.40. The molecule has 0 fully saturated rings. The summed E-state index contributed by atoms with van der Waals surface area (Å²) < 4.78 is 6.68. The van der Waals surface area contributed by atoms with E-state index in [4.69, 9.17) is 4.42 Å². The quantitative estimate of drug-likeness (QED) is 0.320. The summed E-state index contributed by atoms with van der Waals surface area (Å²) in [5.41, 5.74) is 1.03. The summed E-state index contributed by atoms with van der Waals surface area (Å²) in [6, 6.07) is 2.83. The van der Waals surface area contributed by atoms with Crippen LogP contribution in [-0.4, -0.2) is 27.2 Å². The van der Waals surface area contributed by atoms with Crippen molar-refractivity contribution in [2.24, 2.45) is 0 Å². The van der Waals surface area contributed by atoms with Gasteiger partial charge in [-0.05, 0) is 43.4 Å². The van der Waals surface area contributed by atoms with Crippen LogP contribution in [-0.2, 0) is 30.7 Å². The van der Waals surface area contributed by atoms with Gasteiger partial charge in [0.15, 0.2) is 5.16 Å². The Balaban J connectivity index is 1.46. The van der Waals surface area contributed by atoms with E-state index in [0.717, 1.165) is 47.8 Å². The van der Waals surface area contributed by atoms with Crippen molar-refractivity contribution < 1.29 is 14.0 Å². The number of hydrogen-bond donors (Lipinski definition) is 2. The van der Waals surface area contributed by atoms with Crippen LogP contribution in [0.25, 0.3) is 10.2 Å². The van der Waals surface area contributed by atoms with Gasteiger partial charge in [0.25, 0.3) is 5.56 Å². The molecule has 10 heteroatoms. The second-order valence-electron chi connectivity index (χ2n) is 7.09.